The Bertz CT molecular complexity index is 2220. The highest BCUT2D eigenvalue weighted by molar-refractivity contribution is 6.07. The van der Waals surface area contributed by atoms with E-state index in [0.717, 1.165) is 51.4 Å². The van der Waals surface area contributed by atoms with Crippen LogP contribution in [0.4, 0.5) is 28.6 Å². The lowest BCUT2D eigenvalue weighted by Gasteiger charge is -2.46. The molecule has 0 radical (unpaired) electrons. The zero-order valence-electron chi connectivity index (χ0n) is 31.4. The second kappa shape index (κ2) is 13.9. The van der Waals surface area contributed by atoms with Gasteiger partial charge in [0.2, 0.25) is 5.91 Å². The van der Waals surface area contributed by atoms with E-state index in [2.05, 4.69) is 52.4 Å². The van der Waals surface area contributed by atoms with E-state index in [9.17, 15) is 19.5 Å². The molecule has 2 fully saturated rings. The molecule has 5 heterocycles. The molecule has 13 nitrogen and oxygen atoms in total. The predicted octanol–water partition coefficient (Wildman–Crippen LogP) is 4.30. The molecule has 4 aliphatic rings. The summed E-state index contributed by atoms with van der Waals surface area (Å²) in [6.45, 7) is 15.2. The molecule has 3 N–H and O–H groups in total. The number of rotatable bonds is 9. The summed E-state index contributed by atoms with van der Waals surface area (Å²) in [5.74, 6) is -0.359. The zero-order chi connectivity index (χ0) is 37.9. The maximum absolute atomic E-state index is 14.0. The van der Waals surface area contributed by atoms with Crippen molar-refractivity contribution in [3.05, 3.63) is 94.2 Å². The van der Waals surface area contributed by atoms with Gasteiger partial charge in [0.25, 0.3) is 11.5 Å². The molecule has 1 atom stereocenters. The summed E-state index contributed by atoms with van der Waals surface area (Å²) in [5.41, 5.74) is 7.28. The second-order valence-corrected chi connectivity index (χ2v) is 15.8. The van der Waals surface area contributed by atoms with Crippen molar-refractivity contribution in [2.45, 2.75) is 58.8 Å². The van der Waals surface area contributed by atoms with Gasteiger partial charge in [0.15, 0.2) is 5.82 Å². The number of nitrogens with zero attached hydrogens (tertiary/aromatic N) is 6. The number of aliphatic hydroxyl groups is 1. The monoisotopic (exact) mass is 732 g/mol. The molecule has 54 heavy (non-hydrogen) atoms. The van der Waals surface area contributed by atoms with Crippen LogP contribution in [0.25, 0.3) is 11.3 Å². The number of hydrogen-bond acceptors (Lipinski definition) is 9. The van der Waals surface area contributed by atoms with Gasteiger partial charge < -0.3 is 39.4 Å². The fourth-order valence-corrected chi connectivity index (χ4v) is 8.59. The third-order valence-electron chi connectivity index (χ3n) is 11.4. The van der Waals surface area contributed by atoms with Gasteiger partial charge in [-0.05, 0) is 67.2 Å². The fourth-order valence-electron chi connectivity index (χ4n) is 8.59. The van der Waals surface area contributed by atoms with Gasteiger partial charge in [-0.2, -0.15) is 0 Å². The van der Waals surface area contributed by atoms with E-state index in [0.29, 0.717) is 58.7 Å². The van der Waals surface area contributed by atoms with Crippen molar-refractivity contribution in [2.24, 2.45) is 12.5 Å². The second-order valence-electron chi connectivity index (χ2n) is 15.8. The number of ether oxygens (including phenoxy) is 1. The van der Waals surface area contributed by atoms with E-state index in [1.165, 1.54) is 21.9 Å². The molecule has 2 amide bonds. The molecule has 4 aromatic rings. The molecule has 8 rings (SSSR count). The highest BCUT2D eigenvalue weighted by atomic mass is 16.5. The first kappa shape index (κ1) is 35.8. The molecule has 0 unspecified atom stereocenters. The van der Waals surface area contributed by atoms with Crippen molar-refractivity contribution < 1.29 is 19.4 Å². The molecular weight excluding hydrogens is 685 g/mol. The van der Waals surface area contributed by atoms with Gasteiger partial charge in [-0.1, -0.05) is 32.6 Å². The number of carbonyl (C=O) groups excluding carboxylic acids is 2. The van der Waals surface area contributed by atoms with Crippen molar-refractivity contribution in [1.82, 2.24) is 19.0 Å². The topological polar surface area (TPSA) is 137 Å². The summed E-state index contributed by atoms with van der Waals surface area (Å²) < 4.78 is 9.04. The lowest BCUT2D eigenvalue weighted by Crippen LogP contribution is -2.59. The highest BCUT2D eigenvalue weighted by Gasteiger charge is 2.37. The standard InChI is InChI=1S/C41H48N8O5/c1-6-37(51)43-31-17-27(10-11-34(31)47-13-12-46(20-25(47)2)28-23-54-24-28)42-38-40(53)45(5)21-32(44-38)29-8-7-9-33(30(29)22-50)49-15-14-48-35(39(49)52)16-26-18-41(3,4)19-36(26)48/h6-11,16-17,21,25,28,50H,1,12-15,18-20,22-24H2,2-5H3,(H,42,44)(H,43,51)/t25-/m0/s1. The van der Waals surface area contributed by atoms with Crippen molar-refractivity contribution in [3.63, 3.8) is 0 Å². The Morgan fingerprint density at radius 2 is 1.89 bits per heavy atom. The number of aromatic nitrogens is 3. The Hall–Kier alpha value is -5.24. The van der Waals surface area contributed by atoms with Gasteiger partial charge in [0.1, 0.15) is 5.69 Å². The van der Waals surface area contributed by atoms with Crippen LogP contribution in [0.3, 0.4) is 0 Å². The van der Waals surface area contributed by atoms with E-state index >= 15 is 0 Å². The summed E-state index contributed by atoms with van der Waals surface area (Å²) in [6.07, 6.45) is 4.77. The van der Waals surface area contributed by atoms with E-state index in [4.69, 9.17) is 9.72 Å². The van der Waals surface area contributed by atoms with Crippen LogP contribution in [0.15, 0.2) is 66.1 Å². The molecule has 2 saturated heterocycles. The number of piperazine rings is 1. The molecule has 282 valence electrons. The first-order chi connectivity index (χ1) is 25.9. The molecule has 3 aliphatic heterocycles. The number of nitrogens with one attached hydrogen (secondary N) is 2. The van der Waals surface area contributed by atoms with Crippen LogP contribution >= 0.6 is 0 Å². The molecule has 0 saturated carbocycles. The van der Waals surface area contributed by atoms with Crippen LogP contribution in [0.1, 0.15) is 48.1 Å². The smallest absolute Gasteiger partial charge is 0.293 e. The Labute approximate surface area is 314 Å². The molecule has 1 aliphatic carbocycles. The molecule has 0 spiro atoms. The number of anilines is 5. The minimum absolute atomic E-state index is 0.0760. The number of hydrogen-bond donors (Lipinski definition) is 3. The van der Waals surface area contributed by atoms with Crippen LogP contribution in [-0.4, -0.2) is 87.4 Å². The Balaban J connectivity index is 1.08. The van der Waals surface area contributed by atoms with E-state index < -0.39 is 0 Å². The highest BCUT2D eigenvalue weighted by Crippen LogP contribution is 2.41. The first-order valence-corrected chi connectivity index (χ1v) is 18.7. The van der Waals surface area contributed by atoms with Gasteiger partial charge in [0, 0.05) is 74.5 Å². The van der Waals surface area contributed by atoms with Gasteiger partial charge in [0.05, 0.1) is 48.6 Å². The average molecular weight is 733 g/mol. The number of fused-ring (bicyclic) bond motifs is 3. The predicted molar refractivity (Wildman–Crippen MR) is 210 cm³/mol. The third kappa shape index (κ3) is 6.39. The van der Waals surface area contributed by atoms with Crippen molar-refractivity contribution in [2.75, 3.05) is 59.8 Å². The van der Waals surface area contributed by atoms with E-state index in [1.807, 2.05) is 36.4 Å². The minimum atomic E-state index is -0.353. The Kier molecular flexibility index (Phi) is 9.19. The van der Waals surface area contributed by atoms with Crippen LogP contribution in [0, 0.1) is 5.41 Å². The van der Waals surface area contributed by atoms with Crippen molar-refractivity contribution >= 4 is 40.4 Å². The third-order valence-corrected chi connectivity index (χ3v) is 11.4. The maximum Gasteiger partial charge on any atom is 0.293 e. The van der Waals surface area contributed by atoms with Crippen LogP contribution < -0.4 is 26.0 Å². The normalized spacial score (nSPS) is 19.6. The Morgan fingerprint density at radius 3 is 2.61 bits per heavy atom. The number of benzene rings is 2. The van der Waals surface area contributed by atoms with Crippen LogP contribution in [0.2, 0.25) is 0 Å². The summed E-state index contributed by atoms with van der Waals surface area (Å²) in [4.78, 5) is 51.3. The van der Waals surface area contributed by atoms with Gasteiger partial charge in [-0.3, -0.25) is 19.3 Å². The van der Waals surface area contributed by atoms with Crippen molar-refractivity contribution in [3.8, 4) is 11.3 Å². The summed E-state index contributed by atoms with van der Waals surface area (Å²) in [5, 5.41) is 16.9. The van der Waals surface area contributed by atoms with Crippen molar-refractivity contribution in [1.29, 1.82) is 0 Å². The number of aryl methyl sites for hydroxylation is 1. The van der Waals surface area contributed by atoms with E-state index in [-0.39, 0.29) is 41.3 Å². The summed E-state index contributed by atoms with van der Waals surface area (Å²) in [6, 6.07) is 13.9. The van der Waals surface area contributed by atoms with Gasteiger partial charge >= 0.3 is 0 Å². The average Bonchev–Trinajstić information content (AvgIpc) is 3.61. The Morgan fingerprint density at radius 1 is 1.07 bits per heavy atom. The fraction of sp³-hybridized carbons (Fsp3) is 0.415. The zero-order valence-corrected chi connectivity index (χ0v) is 31.4. The maximum atomic E-state index is 14.0. The van der Waals surface area contributed by atoms with Gasteiger partial charge in [-0.15, -0.1) is 0 Å². The SMILES string of the molecule is C=CC(=O)Nc1cc(Nc2nc(-c3cccc(N4CCn5c(cc6c5CC(C)(C)C6)C4=O)c3CO)cn(C)c2=O)ccc1N1CCN(C2COC2)C[C@@H]1C. The lowest BCUT2D eigenvalue weighted by atomic mass is 9.90. The lowest BCUT2D eigenvalue weighted by molar-refractivity contribution is -0.111. The number of aliphatic hydroxyl groups excluding tert-OH is 1. The molecular formula is C41H48N8O5. The number of carbonyl (C=O) groups is 2. The molecule has 0 bridgehead atoms. The number of amides is 2. The molecule has 2 aromatic heterocycles. The van der Waals surface area contributed by atoms with Crippen LogP contribution in [-0.2, 0) is 42.6 Å². The first-order valence-electron chi connectivity index (χ1n) is 18.7. The molecule has 2 aromatic carbocycles. The minimum Gasteiger partial charge on any atom is -0.392 e. The van der Waals surface area contributed by atoms with E-state index in [1.54, 1.807) is 24.2 Å². The quantitative estimate of drug-likeness (QED) is 0.215. The largest absolute Gasteiger partial charge is 0.392 e. The molecule has 13 heteroatoms. The summed E-state index contributed by atoms with van der Waals surface area (Å²) >= 11 is 0. The van der Waals surface area contributed by atoms with Gasteiger partial charge in [-0.25, -0.2) is 4.98 Å². The van der Waals surface area contributed by atoms with Crippen LogP contribution in [0.5, 0.6) is 0 Å². The summed E-state index contributed by atoms with van der Waals surface area (Å²) in [7, 11) is 1.65.